The molecule has 24 heavy (non-hydrogen) atoms. The van der Waals surface area contributed by atoms with Crippen LogP contribution in [0.4, 0.5) is 0 Å². The fraction of sp³-hybridized carbons (Fsp3) is 0.500. The maximum atomic E-state index is 12.6. The second kappa shape index (κ2) is 5.41. The molecule has 2 aromatic rings. The highest BCUT2D eigenvalue weighted by Crippen LogP contribution is 2.53. The maximum absolute atomic E-state index is 12.6. The number of hydrogen-bond acceptors (Lipinski definition) is 5. The molecule has 0 radical (unpaired) electrons. The minimum absolute atomic E-state index is 0.0770. The normalized spacial score (nSPS) is 27.4. The van der Waals surface area contributed by atoms with Crippen molar-refractivity contribution in [2.75, 3.05) is 6.61 Å². The van der Waals surface area contributed by atoms with Gasteiger partial charge in [0, 0.05) is 17.9 Å². The Hall–Kier alpha value is -2.21. The van der Waals surface area contributed by atoms with Gasteiger partial charge in [-0.2, -0.15) is 5.10 Å². The van der Waals surface area contributed by atoms with Crippen LogP contribution in [-0.2, 0) is 9.47 Å². The number of fused-ring (bicyclic) bond motifs is 1. The van der Waals surface area contributed by atoms with Crippen LogP contribution in [-0.4, -0.2) is 39.5 Å². The molecule has 6 heteroatoms. The van der Waals surface area contributed by atoms with Crippen molar-refractivity contribution in [3.63, 3.8) is 0 Å². The number of esters is 1. The predicted molar refractivity (Wildman–Crippen MR) is 86.9 cm³/mol. The summed E-state index contributed by atoms with van der Waals surface area (Å²) in [5.74, 6) is 0.0692. The predicted octanol–water partition coefficient (Wildman–Crippen LogP) is 2.55. The van der Waals surface area contributed by atoms with Crippen molar-refractivity contribution in [3.8, 4) is 5.69 Å². The largest absolute Gasteiger partial charge is 0.458 e. The third-order valence-corrected chi connectivity index (χ3v) is 5.34. The standard InChI is InChI=1S/C18H21N3O3/c1-11-8-12(21-10-19-9-20-21)4-5-13(11)17(22)24-16-14-6-7-23-15(14)18(16,2)3/h4-5,8-10,14-16H,6-7H2,1-3H3/t14-,15-,16-/m1/s1. The van der Waals surface area contributed by atoms with Crippen LogP contribution in [0, 0.1) is 18.3 Å². The number of carbonyl (C=O) groups is 1. The van der Waals surface area contributed by atoms with Crippen LogP contribution >= 0.6 is 0 Å². The van der Waals surface area contributed by atoms with E-state index in [1.807, 2.05) is 19.1 Å². The summed E-state index contributed by atoms with van der Waals surface area (Å²) in [6, 6.07) is 5.56. The van der Waals surface area contributed by atoms with E-state index in [0.29, 0.717) is 11.5 Å². The van der Waals surface area contributed by atoms with Crippen LogP contribution in [0.5, 0.6) is 0 Å². The number of aryl methyl sites for hydroxylation is 1. The highest BCUT2D eigenvalue weighted by Gasteiger charge is 2.61. The molecule has 0 spiro atoms. The zero-order valence-electron chi connectivity index (χ0n) is 14.1. The Balaban J connectivity index is 1.53. The van der Waals surface area contributed by atoms with Crippen LogP contribution in [0.2, 0.25) is 0 Å². The minimum atomic E-state index is -0.263. The topological polar surface area (TPSA) is 66.2 Å². The number of benzene rings is 1. The lowest BCUT2D eigenvalue weighted by molar-refractivity contribution is -0.183. The Morgan fingerprint density at radius 3 is 2.96 bits per heavy atom. The summed E-state index contributed by atoms with van der Waals surface area (Å²) >= 11 is 0. The Kier molecular flexibility index (Phi) is 3.46. The summed E-state index contributed by atoms with van der Waals surface area (Å²) in [6.07, 6.45) is 4.22. The van der Waals surface area contributed by atoms with E-state index in [1.165, 1.54) is 6.33 Å². The Labute approximate surface area is 140 Å². The molecule has 0 unspecified atom stereocenters. The van der Waals surface area contributed by atoms with Gasteiger partial charge in [-0.25, -0.2) is 14.5 Å². The summed E-state index contributed by atoms with van der Waals surface area (Å²) in [5, 5.41) is 4.10. The summed E-state index contributed by atoms with van der Waals surface area (Å²) < 4.78 is 13.3. The molecule has 1 saturated heterocycles. The molecule has 2 fully saturated rings. The van der Waals surface area contributed by atoms with Crippen molar-refractivity contribution in [1.29, 1.82) is 0 Å². The number of aromatic nitrogens is 3. The van der Waals surface area contributed by atoms with E-state index in [-0.39, 0.29) is 23.6 Å². The SMILES string of the molecule is Cc1cc(-n2cncn2)ccc1C(=O)O[C@@H]1[C@@H]2CCO[C@H]2C1(C)C. The zero-order chi connectivity index (χ0) is 16.9. The summed E-state index contributed by atoms with van der Waals surface area (Å²) in [5.41, 5.74) is 2.21. The number of hydrogen-bond donors (Lipinski definition) is 0. The molecule has 2 aliphatic rings. The van der Waals surface area contributed by atoms with E-state index in [0.717, 1.165) is 24.3 Å². The molecule has 0 amide bonds. The van der Waals surface area contributed by atoms with Crippen molar-refractivity contribution < 1.29 is 14.3 Å². The van der Waals surface area contributed by atoms with Crippen molar-refractivity contribution in [1.82, 2.24) is 14.8 Å². The van der Waals surface area contributed by atoms with Crippen molar-refractivity contribution in [2.24, 2.45) is 11.3 Å². The van der Waals surface area contributed by atoms with Crippen LogP contribution in [0.3, 0.4) is 0 Å². The molecule has 1 saturated carbocycles. The van der Waals surface area contributed by atoms with E-state index in [1.54, 1.807) is 17.1 Å². The molecule has 126 valence electrons. The van der Waals surface area contributed by atoms with Gasteiger partial charge in [0.05, 0.1) is 17.4 Å². The average Bonchev–Trinajstić information content (AvgIpc) is 3.22. The number of nitrogens with zero attached hydrogens (tertiary/aromatic N) is 3. The summed E-state index contributed by atoms with van der Waals surface area (Å²) in [6.45, 7) is 6.89. The van der Waals surface area contributed by atoms with Crippen molar-refractivity contribution >= 4 is 5.97 Å². The van der Waals surface area contributed by atoms with E-state index in [2.05, 4.69) is 23.9 Å². The molecule has 0 bridgehead atoms. The molecule has 1 aromatic carbocycles. The van der Waals surface area contributed by atoms with Gasteiger partial charge in [0.2, 0.25) is 0 Å². The lowest BCUT2D eigenvalue weighted by Gasteiger charge is -2.53. The first kappa shape index (κ1) is 15.3. The van der Waals surface area contributed by atoms with Gasteiger partial charge in [-0.15, -0.1) is 0 Å². The lowest BCUT2D eigenvalue weighted by Crippen LogP contribution is -2.61. The van der Waals surface area contributed by atoms with E-state index >= 15 is 0 Å². The second-order valence-corrected chi connectivity index (χ2v) is 7.23. The molecule has 6 nitrogen and oxygen atoms in total. The summed E-state index contributed by atoms with van der Waals surface area (Å²) in [4.78, 5) is 16.6. The highest BCUT2D eigenvalue weighted by atomic mass is 16.6. The third-order valence-electron chi connectivity index (χ3n) is 5.34. The molecule has 0 N–H and O–H groups in total. The monoisotopic (exact) mass is 327 g/mol. The second-order valence-electron chi connectivity index (χ2n) is 7.23. The van der Waals surface area contributed by atoms with Gasteiger partial charge in [-0.05, 0) is 37.1 Å². The van der Waals surface area contributed by atoms with Crippen LogP contribution in [0.25, 0.3) is 5.69 Å². The van der Waals surface area contributed by atoms with Crippen LogP contribution < -0.4 is 0 Å². The highest BCUT2D eigenvalue weighted by molar-refractivity contribution is 5.91. The quantitative estimate of drug-likeness (QED) is 0.811. The van der Waals surface area contributed by atoms with Gasteiger partial charge in [0.1, 0.15) is 18.8 Å². The molecule has 2 heterocycles. The molecule has 1 aliphatic carbocycles. The van der Waals surface area contributed by atoms with Crippen molar-refractivity contribution in [2.45, 2.75) is 39.4 Å². The van der Waals surface area contributed by atoms with E-state index < -0.39 is 0 Å². The molecular weight excluding hydrogens is 306 g/mol. The van der Waals surface area contributed by atoms with Gasteiger partial charge < -0.3 is 9.47 Å². The first-order chi connectivity index (χ1) is 11.5. The van der Waals surface area contributed by atoms with Crippen LogP contribution in [0.15, 0.2) is 30.9 Å². The fourth-order valence-corrected chi connectivity index (χ4v) is 4.06. The molecule has 3 atom stereocenters. The molecule has 4 rings (SSSR count). The third kappa shape index (κ3) is 2.24. The fourth-order valence-electron chi connectivity index (χ4n) is 4.06. The van der Waals surface area contributed by atoms with E-state index in [4.69, 9.17) is 9.47 Å². The van der Waals surface area contributed by atoms with Gasteiger partial charge in [0.25, 0.3) is 0 Å². The maximum Gasteiger partial charge on any atom is 0.338 e. The first-order valence-electron chi connectivity index (χ1n) is 8.27. The summed E-state index contributed by atoms with van der Waals surface area (Å²) in [7, 11) is 0. The smallest absolute Gasteiger partial charge is 0.338 e. The number of ether oxygens (including phenoxy) is 2. The molecule has 1 aromatic heterocycles. The zero-order valence-corrected chi connectivity index (χ0v) is 14.1. The molecular formula is C18H21N3O3. The van der Waals surface area contributed by atoms with Gasteiger partial charge in [0.15, 0.2) is 0 Å². The number of carbonyl (C=O) groups excluding carboxylic acids is 1. The Bertz CT molecular complexity index is 770. The van der Waals surface area contributed by atoms with E-state index in [9.17, 15) is 4.79 Å². The molecule has 1 aliphatic heterocycles. The van der Waals surface area contributed by atoms with Gasteiger partial charge in [-0.3, -0.25) is 0 Å². The van der Waals surface area contributed by atoms with Crippen LogP contribution in [0.1, 0.15) is 36.2 Å². The Morgan fingerprint density at radius 1 is 1.42 bits per heavy atom. The first-order valence-corrected chi connectivity index (χ1v) is 8.27. The Morgan fingerprint density at radius 2 is 2.25 bits per heavy atom. The van der Waals surface area contributed by atoms with Gasteiger partial charge in [-0.1, -0.05) is 13.8 Å². The average molecular weight is 327 g/mol. The minimum Gasteiger partial charge on any atom is -0.458 e. The lowest BCUT2D eigenvalue weighted by atomic mass is 9.59. The number of rotatable bonds is 3. The van der Waals surface area contributed by atoms with Gasteiger partial charge >= 0.3 is 5.97 Å². The van der Waals surface area contributed by atoms with Crippen molar-refractivity contribution in [3.05, 3.63) is 42.0 Å².